The predicted octanol–water partition coefficient (Wildman–Crippen LogP) is 5.12. The molecule has 0 spiro atoms. The second-order valence-electron chi connectivity index (χ2n) is 4.86. The third-order valence-electron chi connectivity index (χ3n) is 3.23. The van der Waals surface area contributed by atoms with Gasteiger partial charge < -0.3 is 5.32 Å². The summed E-state index contributed by atoms with van der Waals surface area (Å²) in [6, 6.07) is 4.95. The summed E-state index contributed by atoms with van der Waals surface area (Å²) in [4.78, 5) is 0. The number of hydrogen-bond acceptors (Lipinski definition) is 1. The monoisotopic (exact) mass is 345 g/mol. The van der Waals surface area contributed by atoms with Crippen molar-refractivity contribution in [3.63, 3.8) is 0 Å². The van der Waals surface area contributed by atoms with E-state index in [0.29, 0.717) is 6.04 Å². The van der Waals surface area contributed by atoms with Crippen LogP contribution in [0.2, 0.25) is 0 Å². The molecule has 0 bridgehead atoms. The Balaban J connectivity index is 2.15. The molecule has 0 aromatic heterocycles. The molecule has 1 aliphatic carbocycles. The molecule has 16 heavy (non-hydrogen) atoms. The van der Waals surface area contributed by atoms with Crippen molar-refractivity contribution < 1.29 is 0 Å². The third kappa shape index (κ3) is 2.80. The summed E-state index contributed by atoms with van der Waals surface area (Å²) in [5, 5.41) is 3.64. The highest BCUT2D eigenvalue weighted by molar-refractivity contribution is 9.11. The van der Waals surface area contributed by atoms with Gasteiger partial charge >= 0.3 is 0 Å². The Kier molecular flexibility index (Phi) is 3.96. The quantitative estimate of drug-likeness (QED) is 0.783. The van der Waals surface area contributed by atoms with Crippen LogP contribution in [0, 0.1) is 12.8 Å². The van der Waals surface area contributed by atoms with Crippen LogP contribution in [0.5, 0.6) is 0 Å². The van der Waals surface area contributed by atoms with Crippen LogP contribution in [-0.4, -0.2) is 6.04 Å². The minimum Gasteiger partial charge on any atom is -0.380 e. The van der Waals surface area contributed by atoms with E-state index in [1.807, 2.05) is 0 Å². The van der Waals surface area contributed by atoms with Gasteiger partial charge in [-0.05, 0) is 81.7 Å². The zero-order valence-corrected chi connectivity index (χ0v) is 12.9. The van der Waals surface area contributed by atoms with Crippen LogP contribution in [0.1, 0.15) is 31.7 Å². The smallest absolute Gasteiger partial charge is 0.0631 e. The molecule has 2 atom stereocenters. The van der Waals surface area contributed by atoms with Crippen LogP contribution in [0.4, 0.5) is 5.69 Å². The molecule has 3 heteroatoms. The van der Waals surface area contributed by atoms with Crippen LogP contribution >= 0.6 is 31.9 Å². The summed E-state index contributed by atoms with van der Waals surface area (Å²) in [5.41, 5.74) is 2.47. The molecule has 0 amide bonds. The van der Waals surface area contributed by atoms with Crippen molar-refractivity contribution in [1.29, 1.82) is 0 Å². The van der Waals surface area contributed by atoms with E-state index in [1.165, 1.54) is 30.5 Å². The molecule has 1 saturated carbocycles. The Morgan fingerprint density at radius 3 is 2.31 bits per heavy atom. The maximum Gasteiger partial charge on any atom is 0.0631 e. The van der Waals surface area contributed by atoms with E-state index in [0.717, 1.165) is 14.9 Å². The molecule has 1 aliphatic rings. The van der Waals surface area contributed by atoms with Crippen molar-refractivity contribution in [3.8, 4) is 0 Å². The molecule has 1 aromatic rings. The molecule has 1 N–H and O–H groups in total. The fraction of sp³-hybridized carbons (Fsp3) is 0.538. The third-order valence-corrected chi connectivity index (χ3v) is 4.48. The second-order valence-corrected chi connectivity index (χ2v) is 6.57. The van der Waals surface area contributed by atoms with Crippen LogP contribution in [-0.2, 0) is 0 Å². The molecule has 0 saturated heterocycles. The normalized spacial score (nSPS) is 24.8. The minimum absolute atomic E-state index is 0.630. The first-order chi connectivity index (χ1) is 7.56. The molecule has 2 unspecified atom stereocenters. The first-order valence-corrected chi connectivity index (χ1v) is 7.37. The van der Waals surface area contributed by atoms with Gasteiger partial charge in [-0.15, -0.1) is 0 Å². The Morgan fingerprint density at radius 1 is 1.19 bits per heavy atom. The standard InChI is InChI=1S/C13H17Br2N/c1-8-3-4-10(5-8)16-13-11(14)6-9(2)7-12(13)15/h6-8,10,16H,3-5H2,1-2H3. The van der Waals surface area contributed by atoms with E-state index in [2.05, 4.69) is 63.2 Å². The molecule has 0 aliphatic heterocycles. The molecule has 1 aromatic carbocycles. The van der Waals surface area contributed by atoms with Crippen molar-refractivity contribution in [1.82, 2.24) is 0 Å². The number of anilines is 1. The van der Waals surface area contributed by atoms with Gasteiger partial charge in [0.05, 0.1) is 5.69 Å². The van der Waals surface area contributed by atoms with Gasteiger partial charge in [-0.1, -0.05) is 6.92 Å². The Morgan fingerprint density at radius 2 is 1.81 bits per heavy atom. The molecule has 1 nitrogen and oxygen atoms in total. The van der Waals surface area contributed by atoms with E-state index in [1.54, 1.807) is 0 Å². The van der Waals surface area contributed by atoms with Crippen molar-refractivity contribution >= 4 is 37.5 Å². The van der Waals surface area contributed by atoms with Crippen molar-refractivity contribution in [3.05, 3.63) is 26.6 Å². The van der Waals surface area contributed by atoms with Gasteiger partial charge in [-0.25, -0.2) is 0 Å². The lowest BCUT2D eigenvalue weighted by atomic mass is 10.1. The van der Waals surface area contributed by atoms with E-state index in [9.17, 15) is 0 Å². The van der Waals surface area contributed by atoms with E-state index < -0.39 is 0 Å². The van der Waals surface area contributed by atoms with Crippen molar-refractivity contribution in [2.24, 2.45) is 5.92 Å². The molecular formula is C13H17Br2N. The number of halogens is 2. The highest BCUT2D eigenvalue weighted by Crippen LogP contribution is 2.35. The highest BCUT2D eigenvalue weighted by Gasteiger charge is 2.22. The molecule has 0 heterocycles. The average Bonchev–Trinajstić information content (AvgIpc) is 2.58. The van der Waals surface area contributed by atoms with Crippen molar-refractivity contribution in [2.45, 2.75) is 39.2 Å². The average molecular weight is 347 g/mol. The van der Waals surface area contributed by atoms with Crippen LogP contribution in [0.25, 0.3) is 0 Å². The summed E-state index contributed by atoms with van der Waals surface area (Å²) in [6.07, 6.45) is 3.92. The maximum atomic E-state index is 3.64. The Bertz CT molecular complexity index is 367. The number of nitrogens with one attached hydrogen (secondary N) is 1. The largest absolute Gasteiger partial charge is 0.380 e. The predicted molar refractivity (Wildman–Crippen MR) is 77.0 cm³/mol. The first kappa shape index (κ1) is 12.4. The van der Waals surface area contributed by atoms with Gasteiger partial charge in [0.25, 0.3) is 0 Å². The lowest BCUT2D eigenvalue weighted by Crippen LogP contribution is -2.16. The molecule has 1 fully saturated rings. The number of benzene rings is 1. The fourth-order valence-electron chi connectivity index (χ4n) is 2.38. The highest BCUT2D eigenvalue weighted by atomic mass is 79.9. The van der Waals surface area contributed by atoms with Gasteiger partial charge in [0.2, 0.25) is 0 Å². The SMILES string of the molecule is Cc1cc(Br)c(NC2CCC(C)C2)c(Br)c1. The summed E-state index contributed by atoms with van der Waals surface area (Å²) in [5.74, 6) is 0.862. The summed E-state index contributed by atoms with van der Waals surface area (Å²) in [7, 11) is 0. The van der Waals surface area contributed by atoms with Crippen LogP contribution in [0.3, 0.4) is 0 Å². The van der Waals surface area contributed by atoms with Crippen LogP contribution < -0.4 is 5.32 Å². The first-order valence-electron chi connectivity index (χ1n) is 5.78. The Labute approximate surface area is 114 Å². The van der Waals surface area contributed by atoms with E-state index >= 15 is 0 Å². The van der Waals surface area contributed by atoms with Gasteiger partial charge in [0, 0.05) is 15.0 Å². The van der Waals surface area contributed by atoms with Gasteiger partial charge in [0.15, 0.2) is 0 Å². The number of aryl methyl sites for hydroxylation is 1. The lowest BCUT2D eigenvalue weighted by molar-refractivity contribution is 0.602. The van der Waals surface area contributed by atoms with E-state index in [4.69, 9.17) is 0 Å². The fourth-order valence-corrected chi connectivity index (χ4v) is 4.02. The summed E-state index contributed by atoms with van der Waals surface area (Å²) < 4.78 is 2.30. The van der Waals surface area contributed by atoms with Crippen molar-refractivity contribution in [2.75, 3.05) is 5.32 Å². The molecule has 2 rings (SSSR count). The van der Waals surface area contributed by atoms with Crippen LogP contribution in [0.15, 0.2) is 21.1 Å². The topological polar surface area (TPSA) is 12.0 Å². The summed E-state index contributed by atoms with van der Waals surface area (Å²) in [6.45, 7) is 4.44. The lowest BCUT2D eigenvalue weighted by Gasteiger charge is -2.17. The zero-order valence-electron chi connectivity index (χ0n) is 9.69. The molecule has 88 valence electrons. The minimum atomic E-state index is 0.630. The van der Waals surface area contributed by atoms with Gasteiger partial charge in [0.1, 0.15) is 0 Å². The van der Waals surface area contributed by atoms with Gasteiger partial charge in [-0.2, -0.15) is 0 Å². The second kappa shape index (κ2) is 5.09. The molecular weight excluding hydrogens is 330 g/mol. The van der Waals surface area contributed by atoms with Gasteiger partial charge in [-0.3, -0.25) is 0 Å². The summed E-state index contributed by atoms with van der Waals surface area (Å²) >= 11 is 7.26. The number of hydrogen-bond donors (Lipinski definition) is 1. The van der Waals surface area contributed by atoms with E-state index in [-0.39, 0.29) is 0 Å². The number of rotatable bonds is 2. The molecule has 0 radical (unpaired) electrons. The Hall–Kier alpha value is -0.0200. The zero-order chi connectivity index (χ0) is 11.7. The maximum absolute atomic E-state index is 3.64.